The van der Waals surface area contributed by atoms with E-state index in [1.165, 1.54) is 11.6 Å². The van der Waals surface area contributed by atoms with Gasteiger partial charge in [-0.1, -0.05) is 17.7 Å². The molecule has 5 rings (SSSR count). The lowest BCUT2D eigenvalue weighted by atomic mass is 10.1. The molecule has 226 valence electrons. The number of hydrogen-bond acceptors (Lipinski definition) is 9. The van der Waals surface area contributed by atoms with E-state index in [-0.39, 0.29) is 55.4 Å². The number of phenolic OH excluding ortho intramolecular Hbond substituents is 2. The van der Waals surface area contributed by atoms with Crippen molar-refractivity contribution in [3.05, 3.63) is 76.3 Å². The lowest BCUT2D eigenvalue weighted by Gasteiger charge is -2.34. The van der Waals surface area contributed by atoms with Gasteiger partial charge in [-0.15, -0.1) is 12.4 Å². The molecule has 0 aromatic heterocycles. The van der Waals surface area contributed by atoms with Crippen molar-refractivity contribution in [1.29, 1.82) is 0 Å². The minimum atomic E-state index is -0.581. The van der Waals surface area contributed by atoms with Crippen LogP contribution in [-0.4, -0.2) is 78.1 Å². The summed E-state index contributed by atoms with van der Waals surface area (Å²) >= 11 is 5.85. The summed E-state index contributed by atoms with van der Waals surface area (Å²) in [6.07, 6.45) is 0. The smallest absolute Gasteiger partial charge is 0.342 e. The van der Waals surface area contributed by atoms with Gasteiger partial charge >= 0.3 is 5.97 Å². The molecular weight excluding hydrogens is 587 g/mol. The fraction of sp³-hybridized carbons (Fsp3) is 0.333. The number of rotatable bonds is 7. The fourth-order valence-electron chi connectivity index (χ4n) is 4.44. The Morgan fingerprint density at radius 1 is 0.952 bits per heavy atom. The maximum Gasteiger partial charge on any atom is 0.342 e. The third kappa shape index (κ3) is 8.82. The molecule has 0 atom stereocenters. The van der Waals surface area contributed by atoms with Crippen LogP contribution in [0.2, 0.25) is 5.02 Å². The Hall–Kier alpha value is -3.86. The Labute approximate surface area is 255 Å². The topological polar surface area (TPSA) is 118 Å². The molecule has 2 N–H and O–H groups in total. The van der Waals surface area contributed by atoms with Crippen molar-refractivity contribution in [3.63, 3.8) is 0 Å². The monoisotopic (exact) mass is 620 g/mol. The molecule has 2 aliphatic heterocycles. The first kappa shape index (κ1) is 32.7. The second kappa shape index (κ2) is 15.4. The number of piperazine rings is 1. The Kier molecular flexibility index (Phi) is 12.0. The van der Waals surface area contributed by atoms with Crippen molar-refractivity contribution in [2.75, 3.05) is 46.2 Å². The molecule has 1 saturated heterocycles. The number of fused-ring (bicyclic) bond motifs is 1. The number of aryl methyl sites for hydroxylation is 1. The van der Waals surface area contributed by atoms with Gasteiger partial charge in [-0.3, -0.25) is 9.69 Å². The molecule has 2 aliphatic rings. The first-order valence-corrected chi connectivity index (χ1v) is 13.6. The number of esters is 1. The van der Waals surface area contributed by atoms with E-state index in [4.69, 9.17) is 35.7 Å². The normalized spacial score (nSPS) is 13.8. The van der Waals surface area contributed by atoms with Gasteiger partial charge in [0.2, 0.25) is 6.79 Å². The van der Waals surface area contributed by atoms with Crippen LogP contribution in [0.25, 0.3) is 0 Å². The van der Waals surface area contributed by atoms with Crippen LogP contribution in [0.5, 0.6) is 28.7 Å². The van der Waals surface area contributed by atoms with E-state index in [1.807, 2.05) is 17.0 Å². The van der Waals surface area contributed by atoms with Crippen LogP contribution in [0.15, 0.2) is 54.6 Å². The Morgan fingerprint density at radius 2 is 1.64 bits per heavy atom. The van der Waals surface area contributed by atoms with Crippen LogP contribution in [-0.2, 0) is 16.1 Å². The zero-order valence-corrected chi connectivity index (χ0v) is 24.9. The Morgan fingerprint density at radius 3 is 2.31 bits per heavy atom. The zero-order valence-electron chi connectivity index (χ0n) is 23.4. The van der Waals surface area contributed by atoms with Gasteiger partial charge in [-0.05, 0) is 67.4 Å². The highest BCUT2D eigenvalue weighted by molar-refractivity contribution is 6.30. The van der Waals surface area contributed by atoms with Gasteiger partial charge in [0.25, 0.3) is 5.91 Å². The highest BCUT2D eigenvalue weighted by Crippen LogP contribution is 2.33. The molecule has 3 aromatic rings. The summed E-state index contributed by atoms with van der Waals surface area (Å²) < 4.78 is 21.1. The van der Waals surface area contributed by atoms with Gasteiger partial charge in [0.05, 0.1) is 6.61 Å². The molecule has 0 spiro atoms. The minimum absolute atomic E-state index is 0. The molecule has 3 aromatic carbocycles. The number of carbonyl (C=O) groups is 2. The second-order valence-electron chi connectivity index (χ2n) is 9.46. The summed E-state index contributed by atoms with van der Waals surface area (Å²) in [7, 11) is 0. The fourth-order valence-corrected chi connectivity index (χ4v) is 4.56. The van der Waals surface area contributed by atoms with Crippen molar-refractivity contribution in [3.8, 4) is 28.7 Å². The quantitative estimate of drug-likeness (QED) is 0.359. The molecule has 0 bridgehead atoms. The van der Waals surface area contributed by atoms with Gasteiger partial charge in [0.1, 0.15) is 22.8 Å². The molecule has 12 heteroatoms. The van der Waals surface area contributed by atoms with Gasteiger partial charge in [-0.25, -0.2) is 4.79 Å². The number of ether oxygens (including phenoxy) is 4. The Balaban J connectivity index is 0.000000275. The van der Waals surface area contributed by atoms with E-state index in [9.17, 15) is 14.7 Å². The number of benzene rings is 3. The predicted octanol–water partition coefficient (Wildman–Crippen LogP) is 4.80. The summed E-state index contributed by atoms with van der Waals surface area (Å²) in [6.45, 7) is 7.79. The minimum Gasteiger partial charge on any atom is -0.508 e. The standard InChI is InChI=1S/C20H21ClN2O4.C10H12O4.ClH/c21-16-2-4-17(5-3-16)25-13-20(24)23-9-7-22(8-10-23)12-15-1-6-18-19(11-15)27-14-26-18;1-3-14-10(13)9-6(2)4-7(11)5-8(9)12;/h1-6,11H,7-10,12-14H2;4-5,11-12H,3H2,1-2H3;1H. The first-order chi connectivity index (χ1) is 19.7. The summed E-state index contributed by atoms with van der Waals surface area (Å²) in [4.78, 5) is 27.9. The van der Waals surface area contributed by atoms with Gasteiger partial charge in [0, 0.05) is 43.8 Å². The SMILES string of the molecule is CCOC(=O)c1c(C)cc(O)cc1O.Cl.O=C(COc1ccc(Cl)cc1)N1CCN(Cc2ccc3c(c2)OCO3)CC1. The third-order valence-corrected chi connectivity index (χ3v) is 6.78. The van der Waals surface area contributed by atoms with E-state index < -0.39 is 5.97 Å². The summed E-state index contributed by atoms with van der Waals surface area (Å²) in [6, 6.07) is 15.6. The highest BCUT2D eigenvalue weighted by atomic mass is 35.5. The van der Waals surface area contributed by atoms with E-state index in [0.717, 1.165) is 37.2 Å². The summed E-state index contributed by atoms with van der Waals surface area (Å²) in [5, 5.41) is 19.2. The molecule has 2 heterocycles. The van der Waals surface area contributed by atoms with Crippen molar-refractivity contribution >= 4 is 35.9 Å². The van der Waals surface area contributed by atoms with E-state index in [2.05, 4.69) is 11.0 Å². The first-order valence-electron chi connectivity index (χ1n) is 13.2. The van der Waals surface area contributed by atoms with Crippen LogP contribution in [0.3, 0.4) is 0 Å². The number of halogens is 2. The molecule has 0 saturated carbocycles. The molecule has 42 heavy (non-hydrogen) atoms. The van der Waals surface area contributed by atoms with E-state index >= 15 is 0 Å². The van der Waals surface area contributed by atoms with Crippen LogP contribution in [0, 0.1) is 6.92 Å². The van der Waals surface area contributed by atoms with Crippen molar-refractivity contribution in [2.45, 2.75) is 20.4 Å². The average molecular weight is 622 g/mol. The molecule has 0 unspecified atom stereocenters. The number of hydrogen-bond donors (Lipinski definition) is 2. The molecule has 10 nitrogen and oxygen atoms in total. The molecule has 1 amide bonds. The van der Waals surface area contributed by atoms with Gasteiger partial charge in [-0.2, -0.15) is 0 Å². The molecule has 0 radical (unpaired) electrons. The van der Waals surface area contributed by atoms with Crippen LogP contribution >= 0.6 is 24.0 Å². The van der Waals surface area contributed by atoms with Crippen LogP contribution in [0.1, 0.15) is 28.4 Å². The summed E-state index contributed by atoms with van der Waals surface area (Å²) in [5.74, 6) is 1.34. The lowest BCUT2D eigenvalue weighted by molar-refractivity contribution is -0.135. The number of carbonyl (C=O) groups excluding carboxylic acids is 2. The van der Waals surface area contributed by atoms with E-state index in [0.29, 0.717) is 29.4 Å². The average Bonchev–Trinajstić information content (AvgIpc) is 3.41. The predicted molar refractivity (Wildman–Crippen MR) is 159 cm³/mol. The number of nitrogens with zero attached hydrogens (tertiary/aromatic N) is 2. The van der Waals surface area contributed by atoms with Gasteiger partial charge < -0.3 is 34.1 Å². The Bertz CT molecular complexity index is 1340. The van der Waals surface area contributed by atoms with Crippen molar-refractivity contribution < 1.29 is 38.7 Å². The van der Waals surface area contributed by atoms with Crippen molar-refractivity contribution in [2.24, 2.45) is 0 Å². The molecule has 0 aliphatic carbocycles. The zero-order chi connectivity index (χ0) is 29.4. The lowest BCUT2D eigenvalue weighted by Crippen LogP contribution is -2.49. The van der Waals surface area contributed by atoms with Crippen molar-refractivity contribution in [1.82, 2.24) is 9.80 Å². The maximum absolute atomic E-state index is 12.4. The third-order valence-electron chi connectivity index (χ3n) is 6.52. The van der Waals surface area contributed by atoms with Crippen LogP contribution in [0.4, 0.5) is 0 Å². The second-order valence-corrected chi connectivity index (χ2v) is 9.90. The van der Waals surface area contributed by atoms with Gasteiger partial charge in [0.15, 0.2) is 18.1 Å². The highest BCUT2D eigenvalue weighted by Gasteiger charge is 2.22. The largest absolute Gasteiger partial charge is 0.508 e. The molecule has 1 fully saturated rings. The molecular formula is C30H34Cl2N2O8. The maximum atomic E-state index is 12.4. The number of aromatic hydroxyl groups is 2. The summed E-state index contributed by atoms with van der Waals surface area (Å²) in [5.41, 5.74) is 1.77. The number of amides is 1. The van der Waals surface area contributed by atoms with Crippen LogP contribution < -0.4 is 14.2 Å². The number of phenols is 2. The van der Waals surface area contributed by atoms with E-state index in [1.54, 1.807) is 38.1 Å².